The van der Waals surface area contributed by atoms with Crippen LogP contribution in [-0.4, -0.2) is 8.42 Å². The van der Waals surface area contributed by atoms with Crippen LogP contribution in [0.2, 0.25) is 0 Å². The van der Waals surface area contributed by atoms with E-state index in [4.69, 9.17) is 15.9 Å². The van der Waals surface area contributed by atoms with Crippen LogP contribution in [0.25, 0.3) is 0 Å². The standard InChI is InChI=1S/C8H5ClINO2S/c1-5-2-3-7(10)8(6(5)4-11)14(9,12)13/h2-3H,1H3. The third-order valence-corrected chi connectivity index (χ3v) is 4.31. The van der Waals surface area contributed by atoms with Crippen LogP contribution in [0.15, 0.2) is 17.0 Å². The van der Waals surface area contributed by atoms with Gasteiger partial charge >= 0.3 is 0 Å². The Balaban J connectivity index is 3.74. The summed E-state index contributed by atoms with van der Waals surface area (Å²) in [6, 6.07) is 5.15. The Labute approximate surface area is 100 Å². The summed E-state index contributed by atoms with van der Waals surface area (Å²) in [4.78, 5) is -0.0951. The predicted octanol–water partition coefficient (Wildman–Crippen LogP) is 2.40. The number of hydrogen-bond donors (Lipinski definition) is 0. The van der Waals surface area contributed by atoms with E-state index in [1.807, 2.05) is 28.7 Å². The highest BCUT2D eigenvalue weighted by Crippen LogP contribution is 2.27. The second-order valence-electron chi connectivity index (χ2n) is 2.62. The first-order valence-electron chi connectivity index (χ1n) is 3.52. The van der Waals surface area contributed by atoms with Gasteiger partial charge in [-0.3, -0.25) is 0 Å². The summed E-state index contributed by atoms with van der Waals surface area (Å²) in [5.74, 6) is 0. The maximum Gasteiger partial charge on any atom is 0.263 e. The van der Waals surface area contributed by atoms with Crippen LogP contribution in [0, 0.1) is 21.8 Å². The molecule has 14 heavy (non-hydrogen) atoms. The van der Waals surface area contributed by atoms with Gasteiger partial charge in [-0.2, -0.15) is 5.26 Å². The summed E-state index contributed by atoms with van der Waals surface area (Å²) >= 11 is 1.84. The van der Waals surface area contributed by atoms with Crippen molar-refractivity contribution in [1.29, 1.82) is 5.26 Å². The van der Waals surface area contributed by atoms with E-state index in [0.717, 1.165) is 0 Å². The molecule has 0 amide bonds. The SMILES string of the molecule is Cc1ccc(I)c(S(=O)(=O)Cl)c1C#N. The van der Waals surface area contributed by atoms with Crippen LogP contribution in [0.4, 0.5) is 0 Å². The van der Waals surface area contributed by atoms with Gasteiger partial charge in [0.1, 0.15) is 11.0 Å². The Bertz CT molecular complexity index is 519. The van der Waals surface area contributed by atoms with Crippen LogP contribution in [0.5, 0.6) is 0 Å². The fourth-order valence-electron chi connectivity index (χ4n) is 1.03. The van der Waals surface area contributed by atoms with Gasteiger partial charge in [0.15, 0.2) is 0 Å². The summed E-state index contributed by atoms with van der Waals surface area (Å²) in [5.41, 5.74) is 0.721. The summed E-state index contributed by atoms with van der Waals surface area (Å²) in [6.45, 7) is 1.67. The number of hydrogen-bond acceptors (Lipinski definition) is 3. The highest BCUT2D eigenvalue weighted by molar-refractivity contribution is 14.1. The van der Waals surface area contributed by atoms with Crippen molar-refractivity contribution in [2.24, 2.45) is 0 Å². The topological polar surface area (TPSA) is 57.9 Å². The lowest BCUT2D eigenvalue weighted by atomic mass is 10.1. The van der Waals surface area contributed by atoms with Crippen LogP contribution in [0.3, 0.4) is 0 Å². The quantitative estimate of drug-likeness (QED) is 0.582. The molecule has 74 valence electrons. The van der Waals surface area contributed by atoms with Gasteiger partial charge in [0.05, 0.1) is 5.56 Å². The minimum Gasteiger partial charge on any atom is -0.207 e. The van der Waals surface area contributed by atoms with Crippen molar-refractivity contribution in [3.05, 3.63) is 26.8 Å². The van der Waals surface area contributed by atoms with Gasteiger partial charge in [-0.25, -0.2) is 8.42 Å². The molecule has 1 rings (SSSR count). The molecule has 0 bridgehead atoms. The van der Waals surface area contributed by atoms with Crippen molar-refractivity contribution in [3.8, 4) is 6.07 Å². The summed E-state index contributed by atoms with van der Waals surface area (Å²) in [6.07, 6.45) is 0. The Kier molecular flexibility index (Phi) is 3.40. The smallest absolute Gasteiger partial charge is 0.207 e. The molecule has 1 aromatic rings. The fraction of sp³-hybridized carbons (Fsp3) is 0.125. The third kappa shape index (κ3) is 2.19. The van der Waals surface area contributed by atoms with E-state index >= 15 is 0 Å². The monoisotopic (exact) mass is 341 g/mol. The molecule has 0 aromatic heterocycles. The maximum atomic E-state index is 11.2. The number of aryl methyl sites for hydroxylation is 1. The second kappa shape index (κ2) is 4.04. The Morgan fingerprint density at radius 3 is 2.43 bits per heavy atom. The molecule has 0 radical (unpaired) electrons. The summed E-state index contributed by atoms with van der Waals surface area (Å²) in [7, 11) is 1.38. The molecule has 0 saturated heterocycles. The Hall–Kier alpha value is -0.320. The van der Waals surface area contributed by atoms with Gasteiger partial charge in [-0.1, -0.05) is 6.07 Å². The second-order valence-corrected chi connectivity index (χ2v) is 6.28. The van der Waals surface area contributed by atoms with Crippen LogP contribution in [-0.2, 0) is 9.05 Å². The van der Waals surface area contributed by atoms with Crippen molar-refractivity contribution < 1.29 is 8.42 Å². The highest BCUT2D eigenvalue weighted by atomic mass is 127. The normalized spacial score (nSPS) is 11.0. The molecule has 0 spiro atoms. The van der Waals surface area contributed by atoms with Gasteiger partial charge < -0.3 is 0 Å². The van der Waals surface area contributed by atoms with E-state index in [1.165, 1.54) is 0 Å². The molecular weight excluding hydrogens is 337 g/mol. The molecule has 0 N–H and O–H groups in total. The Morgan fingerprint density at radius 1 is 1.50 bits per heavy atom. The first kappa shape index (κ1) is 11.8. The van der Waals surface area contributed by atoms with Crippen molar-refractivity contribution >= 4 is 42.3 Å². The minimum absolute atomic E-state index is 0.0951. The zero-order valence-electron chi connectivity index (χ0n) is 7.08. The first-order valence-corrected chi connectivity index (χ1v) is 6.90. The average Bonchev–Trinajstić information content (AvgIpc) is 2.06. The van der Waals surface area contributed by atoms with Crippen molar-refractivity contribution in [3.63, 3.8) is 0 Å². The van der Waals surface area contributed by atoms with E-state index in [2.05, 4.69) is 0 Å². The van der Waals surface area contributed by atoms with E-state index < -0.39 is 9.05 Å². The van der Waals surface area contributed by atoms with Gasteiger partial charge in [0.25, 0.3) is 9.05 Å². The van der Waals surface area contributed by atoms with Crippen LogP contribution >= 0.6 is 33.3 Å². The molecule has 0 saturated carbocycles. The van der Waals surface area contributed by atoms with E-state index in [-0.39, 0.29) is 10.5 Å². The van der Waals surface area contributed by atoms with Gasteiger partial charge in [-0.15, -0.1) is 0 Å². The molecule has 0 atom stereocenters. The average molecular weight is 342 g/mol. The fourth-order valence-corrected chi connectivity index (χ4v) is 3.97. The molecule has 0 aliphatic rings. The Morgan fingerprint density at radius 2 is 2.07 bits per heavy atom. The number of nitriles is 1. The zero-order chi connectivity index (χ0) is 10.9. The number of halogens is 2. The number of nitrogens with zero attached hydrogens (tertiary/aromatic N) is 1. The molecular formula is C8H5ClINO2S. The molecule has 0 aliphatic carbocycles. The van der Waals surface area contributed by atoms with Gasteiger partial charge in [0.2, 0.25) is 0 Å². The maximum absolute atomic E-state index is 11.2. The largest absolute Gasteiger partial charge is 0.263 e. The lowest BCUT2D eigenvalue weighted by Gasteiger charge is -2.05. The van der Waals surface area contributed by atoms with Crippen molar-refractivity contribution in [2.45, 2.75) is 11.8 Å². The molecule has 0 fully saturated rings. The number of benzene rings is 1. The minimum atomic E-state index is -3.86. The number of rotatable bonds is 1. The summed E-state index contributed by atoms with van der Waals surface area (Å²) < 4.78 is 22.8. The van der Waals surface area contributed by atoms with E-state index in [1.54, 1.807) is 19.1 Å². The van der Waals surface area contributed by atoms with E-state index in [9.17, 15) is 8.42 Å². The van der Waals surface area contributed by atoms with Gasteiger partial charge in [0, 0.05) is 14.3 Å². The molecule has 6 heteroatoms. The molecule has 0 heterocycles. The molecule has 3 nitrogen and oxygen atoms in total. The molecule has 0 aliphatic heterocycles. The zero-order valence-corrected chi connectivity index (χ0v) is 10.8. The predicted molar refractivity (Wildman–Crippen MR) is 61.6 cm³/mol. The lowest BCUT2D eigenvalue weighted by Crippen LogP contribution is -2.00. The lowest BCUT2D eigenvalue weighted by molar-refractivity contribution is 0.608. The highest BCUT2D eigenvalue weighted by Gasteiger charge is 2.20. The van der Waals surface area contributed by atoms with Crippen LogP contribution in [0.1, 0.15) is 11.1 Å². The first-order chi connectivity index (χ1) is 6.38. The third-order valence-electron chi connectivity index (χ3n) is 1.67. The van der Waals surface area contributed by atoms with E-state index in [0.29, 0.717) is 9.13 Å². The van der Waals surface area contributed by atoms with Crippen molar-refractivity contribution in [2.75, 3.05) is 0 Å². The summed E-state index contributed by atoms with van der Waals surface area (Å²) in [5, 5.41) is 8.81. The molecule has 0 unspecified atom stereocenters. The molecule has 1 aromatic carbocycles. The van der Waals surface area contributed by atoms with Crippen LogP contribution < -0.4 is 0 Å². The van der Waals surface area contributed by atoms with Crippen molar-refractivity contribution in [1.82, 2.24) is 0 Å². The van der Waals surface area contributed by atoms with Gasteiger partial charge in [-0.05, 0) is 41.1 Å².